The molecule has 0 radical (unpaired) electrons. The molecular weight excluding hydrogens is 592 g/mol. The zero-order valence-corrected chi connectivity index (χ0v) is 26.7. The van der Waals surface area contributed by atoms with Crippen molar-refractivity contribution in [3.8, 4) is 23.0 Å². The number of aromatic hydroxyl groups is 1. The fourth-order valence-corrected chi connectivity index (χ4v) is 8.12. The van der Waals surface area contributed by atoms with E-state index in [2.05, 4.69) is 21.9 Å². The van der Waals surface area contributed by atoms with Crippen molar-refractivity contribution in [2.24, 2.45) is 5.41 Å². The van der Waals surface area contributed by atoms with Crippen molar-refractivity contribution in [1.29, 1.82) is 0 Å². The number of halogens is 2. The van der Waals surface area contributed by atoms with Crippen LogP contribution in [0.1, 0.15) is 51.5 Å². The van der Waals surface area contributed by atoms with Gasteiger partial charge in [0.15, 0.2) is 5.82 Å². The number of hydrogen-bond donors (Lipinski definition) is 2. The number of likely N-dealkylation sites (tertiary alicyclic amines) is 1. The molecule has 2 saturated heterocycles. The van der Waals surface area contributed by atoms with Gasteiger partial charge in [-0.15, -0.1) is 0 Å². The lowest BCUT2D eigenvalue weighted by Gasteiger charge is -2.44. The molecule has 2 aromatic heterocycles. The van der Waals surface area contributed by atoms with E-state index in [0.29, 0.717) is 59.8 Å². The van der Waals surface area contributed by atoms with Crippen molar-refractivity contribution < 1.29 is 28.5 Å². The van der Waals surface area contributed by atoms with E-state index in [-0.39, 0.29) is 47.1 Å². The second-order valence-corrected chi connectivity index (χ2v) is 13.6. The number of anilines is 1. The maximum Gasteiger partial charge on any atom is 0.319 e. The molecule has 1 unspecified atom stereocenters. The van der Waals surface area contributed by atoms with E-state index in [1.54, 1.807) is 13.0 Å². The summed E-state index contributed by atoms with van der Waals surface area (Å²) in [5.41, 5.74) is -0.548. The monoisotopic (exact) mass is 633 g/mol. The van der Waals surface area contributed by atoms with E-state index < -0.39 is 17.2 Å². The average Bonchev–Trinajstić information content (AvgIpc) is 3.38. The summed E-state index contributed by atoms with van der Waals surface area (Å²) in [7, 11) is 2.17. The van der Waals surface area contributed by atoms with Crippen LogP contribution in [0.25, 0.3) is 32.9 Å². The predicted octanol–water partition coefficient (Wildman–Crippen LogP) is 5.62. The van der Waals surface area contributed by atoms with E-state index in [0.717, 1.165) is 38.6 Å². The highest BCUT2D eigenvalue weighted by Gasteiger charge is 2.47. The van der Waals surface area contributed by atoms with Crippen LogP contribution in [-0.2, 0) is 11.2 Å². The highest BCUT2D eigenvalue weighted by atomic mass is 19.1. The topological polar surface area (TPSA) is 104 Å². The van der Waals surface area contributed by atoms with Crippen LogP contribution in [0.15, 0.2) is 30.5 Å². The molecule has 3 fully saturated rings. The van der Waals surface area contributed by atoms with Crippen molar-refractivity contribution in [3.05, 3.63) is 47.7 Å². The van der Waals surface area contributed by atoms with Crippen molar-refractivity contribution in [3.63, 3.8) is 0 Å². The Hall–Kier alpha value is -3.67. The fourth-order valence-electron chi connectivity index (χ4n) is 8.12. The minimum absolute atomic E-state index is 0.00184. The third-order valence-corrected chi connectivity index (χ3v) is 10.2. The molecule has 4 heterocycles. The Balaban J connectivity index is 1.38. The lowest BCUT2D eigenvalue weighted by atomic mass is 9.76. The van der Waals surface area contributed by atoms with Crippen molar-refractivity contribution in [2.75, 3.05) is 51.4 Å². The van der Waals surface area contributed by atoms with Crippen LogP contribution < -0.4 is 9.64 Å². The summed E-state index contributed by atoms with van der Waals surface area (Å²) in [6.07, 6.45) is 7.33. The van der Waals surface area contributed by atoms with Crippen LogP contribution in [-0.4, -0.2) is 88.2 Å². The molecule has 0 amide bonds. The van der Waals surface area contributed by atoms with Crippen LogP contribution in [0, 0.1) is 17.0 Å². The zero-order chi connectivity index (χ0) is 32.2. The molecule has 1 saturated carbocycles. The van der Waals surface area contributed by atoms with E-state index in [4.69, 9.17) is 14.5 Å². The molecule has 2 aromatic carbocycles. The summed E-state index contributed by atoms with van der Waals surface area (Å²) in [4.78, 5) is 18.3. The van der Waals surface area contributed by atoms with Gasteiger partial charge in [-0.05, 0) is 87.2 Å². The number of hydrogen-bond acceptors (Lipinski definition) is 9. The molecule has 9 nitrogen and oxygen atoms in total. The maximum absolute atomic E-state index is 16.9. The third-order valence-electron chi connectivity index (χ3n) is 10.2. The molecule has 3 aliphatic rings. The largest absolute Gasteiger partial charge is 0.508 e. The molecule has 0 bridgehead atoms. The number of piperidine rings is 1. The highest BCUT2D eigenvalue weighted by Crippen LogP contribution is 2.47. The Morgan fingerprint density at radius 2 is 1.96 bits per heavy atom. The number of aliphatic hydroxyl groups is 1. The zero-order valence-electron chi connectivity index (χ0n) is 26.7. The number of pyridine rings is 1. The van der Waals surface area contributed by atoms with Gasteiger partial charge in [-0.2, -0.15) is 9.97 Å². The van der Waals surface area contributed by atoms with Gasteiger partial charge < -0.3 is 29.5 Å². The van der Waals surface area contributed by atoms with E-state index in [9.17, 15) is 14.6 Å². The van der Waals surface area contributed by atoms with Gasteiger partial charge in [0.25, 0.3) is 0 Å². The number of aromatic nitrogens is 3. The maximum atomic E-state index is 16.9. The Kier molecular flexibility index (Phi) is 7.97. The third kappa shape index (κ3) is 5.42. The SMILES string of the molecule is CCc1c(F)ccc2cc(O)cc(-c3ncc4c(N5CCOCC(C)(O)C5)nc(OC[C@]56CCC[C@H]5N(C)CCC6)nc4c3F)c12. The van der Waals surface area contributed by atoms with Gasteiger partial charge in [0.05, 0.1) is 31.8 Å². The molecule has 11 heteroatoms. The number of fused-ring (bicyclic) bond motifs is 3. The van der Waals surface area contributed by atoms with Crippen LogP contribution in [0.5, 0.6) is 11.8 Å². The molecule has 4 aromatic rings. The molecular formula is C35H41F2N5O4. The summed E-state index contributed by atoms with van der Waals surface area (Å²) >= 11 is 0. The van der Waals surface area contributed by atoms with Crippen LogP contribution in [0.4, 0.5) is 14.6 Å². The predicted molar refractivity (Wildman–Crippen MR) is 172 cm³/mol. The molecule has 2 aliphatic heterocycles. The molecule has 244 valence electrons. The van der Waals surface area contributed by atoms with Gasteiger partial charge in [-0.1, -0.05) is 19.4 Å². The quantitative estimate of drug-likeness (QED) is 0.280. The Labute approximate surface area is 267 Å². The highest BCUT2D eigenvalue weighted by molar-refractivity contribution is 6.01. The normalized spacial score (nSPS) is 25.6. The number of phenols is 1. The molecule has 1 aliphatic carbocycles. The molecule has 2 N–H and O–H groups in total. The van der Waals surface area contributed by atoms with Crippen molar-refractivity contribution in [1.82, 2.24) is 19.9 Å². The van der Waals surface area contributed by atoms with Gasteiger partial charge in [0, 0.05) is 29.8 Å². The van der Waals surface area contributed by atoms with Crippen LogP contribution in [0.2, 0.25) is 0 Å². The second-order valence-electron chi connectivity index (χ2n) is 13.6. The molecule has 46 heavy (non-hydrogen) atoms. The lowest BCUT2D eigenvalue weighted by molar-refractivity contribution is -0.0123. The van der Waals surface area contributed by atoms with Crippen LogP contribution >= 0.6 is 0 Å². The molecule has 3 atom stereocenters. The number of β-amino-alcohol motifs (C(OH)–C–C–N with tert-alkyl or cyclic N) is 1. The average molecular weight is 634 g/mol. The summed E-state index contributed by atoms with van der Waals surface area (Å²) in [6.45, 7) is 6.14. The number of ether oxygens (including phenoxy) is 2. The Morgan fingerprint density at radius 3 is 2.78 bits per heavy atom. The Bertz CT molecular complexity index is 1800. The first-order valence-corrected chi connectivity index (χ1v) is 16.3. The van der Waals surface area contributed by atoms with Gasteiger partial charge >= 0.3 is 6.01 Å². The van der Waals surface area contributed by atoms with Crippen molar-refractivity contribution in [2.45, 2.75) is 64.0 Å². The summed E-state index contributed by atoms with van der Waals surface area (Å²) in [5, 5.41) is 23.0. The first kappa shape index (κ1) is 31.0. The molecule has 0 spiro atoms. The van der Waals surface area contributed by atoms with Crippen LogP contribution in [0.3, 0.4) is 0 Å². The number of rotatable bonds is 6. The summed E-state index contributed by atoms with van der Waals surface area (Å²) < 4.78 is 43.9. The Morgan fingerprint density at radius 1 is 1.13 bits per heavy atom. The number of benzene rings is 2. The lowest BCUT2D eigenvalue weighted by Crippen LogP contribution is -2.50. The first-order chi connectivity index (χ1) is 22.1. The van der Waals surface area contributed by atoms with E-state index >= 15 is 4.39 Å². The van der Waals surface area contributed by atoms with E-state index in [1.807, 2.05) is 11.8 Å². The standard InChI is InChI=1S/C35H41F2N5O4/c1-4-23-26(36)9-8-21-15-22(43)16-24(28(21)23)30-29(37)31-25(17-38-30)32(42-13-14-45-19-34(2,44)18-42)40-33(39-31)46-20-35-10-5-7-27(35)41(3)12-6-11-35/h8-9,15-17,27,43-44H,4-7,10-14,18-20H2,1-3H3/t27-,34?,35-/m1/s1. The van der Waals surface area contributed by atoms with Gasteiger partial charge in [0.1, 0.15) is 34.2 Å². The van der Waals surface area contributed by atoms with Gasteiger partial charge in [-0.25, -0.2) is 8.78 Å². The summed E-state index contributed by atoms with van der Waals surface area (Å²) in [6, 6.07) is 6.35. The minimum Gasteiger partial charge on any atom is -0.508 e. The fraction of sp³-hybridized carbons (Fsp3) is 0.514. The minimum atomic E-state index is -1.16. The van der Waals surface area contributed by atoms with Gasteiger partial charge in [0.2, 0.25) is 0 Å². The summed E-state index contributed by atoms with van der Waals surface area (Å²) in [5.74, 6) is -0.821. The number of nitrogens with zero attached hydrogens (tertiary/aromatic N) is 5. The number of aryl methyl sites for hydroxylation is 1. The molecule has 7 rings (SSSR count). The van der Waals surface area contributed by atoms with Gasteiger partial charge in [-0.3, -0.25) is 4.98 Å². The number of phenolic OH excluding ortho intramolecular Hbond substituents is 1. The van der Waals surface area contributed by atoms with E-state index in [1.165, 1.54) is 24.4 Å². The smallest absolute Gasteiger partial charge is 0.319 e. The first-order valence-electron chi connectivity index (χ1n) is 16.3. The second kappa shape index (κ2) is 11.8. The van der Waals surface area contributed by atoms with Crippen molar-refractivity contribution >= 4 is 27.5 Å².